The van der Waals surface area contributed by atoms with Crippen LogP contribution < -0.4 is 4.90 Å². The molecule has 6 heteroatoms. The van der Waals surface area contributed by atoms with Crippen molar-refractivity contribution < 1.29 is 4.79 Å². The molecule has 0 fully saturated rings. The van der Waals surface area contributed by atoms with Gasteiger partial charge in [-0.25, -0.2) is 4.98 Å². The number of aryl methyl sites for hydroxylation is 1. The van der Waals surface area contributed by atoms with Crippen molar-refractivity contribution in [1.82, 2.24) is 9.97 Å². The van der Waals surface area contributed by atoms with E-state index >= 15 is 0 Å². The number of hydrogen-bond acceptors (Lipinski definition) is 4. The molecule has 0 atom stereocenters. The van der Waals surface area contributed by atoms with E-state index in [0.717, 1.165) is 37.8 Å². The molecule has 32 heavy (non-hydrogen) atoms. The number of pyridine rings is 1. The van der Waals surface area contributed by atoms with Crippen molar-refractivity contribution in [1.29, 1.82) is 0 Å². The van der Waals surface area contributed by atoms with E-state index in [-0.39, 0.29) is 12.3 Å². The maximum atomic E-state index is 13.5. The van der Waals surface area contributed by atoms with Crippen molar-refractivity contribution in [3.05, 3.63) is 101 Å². The third-order valence-corrected chi connectivity index (χ3v) is 6.94. The monoisotopic (exact) mass is 457 g/mol. The smallest absolute Gasteiger partial charge is 0.233 e. The molecule has 0 saturated carbocycles. The maximum Gasteiger partial charge on any atom is 0.233 e. The minimum absolute atomic E-state index is 0.0197. The number of halogens is 1. The van der Waals surface area contributed by atoms with Crippen LogP contribution in [0.15, 0.2) is 79.0 Å². The van der Waals surface area contributed by atoms with Crippen LogP contribution in [0.1, 0.15) is 16.8 Å². The van der Waals surface area contributed by atoms with Crippen molar-refractivity contribution >= 4 is 55.0 Å². The molecule has 3 aromatic carbocycles. The second-order valence-electron chi connectivity index (χ2n) is 7.67. The highest BCUT2D eigenvalue weighted by atomic mass is 35.5. The second kappa shape index (κ2) is 8.69. The fourth-order valence-electron chi connectivity index (χ4n) is 3.74. The number of carbonyl (C=O) groups is 1. The summed E-state index contributed by atoms with van der Waals surface area (Å²) in [4.78, 5) is 24.5. The number of benzene rings is 3. The summed E-state index contributed by atoms with van der Waals surface area (Å²) in [6, 6.07) is 23.9. The number of nitrogens with zero attached hydrogens (tertiary/aromatic N) is 3. The standard InChI is InChI=1S/C26H20ClN3OS/c1-17-22(27)11-12-23-25(17)29-26(32-23)30(16-21-8-4-5-13-28-21)24(31)15-18-9-10-19-6-2-3-7-20(19)14-18/h2-14H,15-16H2,1H3. The van der Waals surface area contributed by atoms with Crippen LogP contribution in [-0.4, -0.2) is 15.9 Å². The van der Waals surface area contributed by atoms with Gasteiger partial charge >= 0.3 is 0 Å². The van der Waals surface area contributed by atoms with Gasteiger partial charge in [-0.2, -0.15) is 0 Å². The Kier molecular flexibility index (Phi) is 5.60. The van der Waals surface area contributed by atoms with Crippen LogP contribution in [0.4, 0.5) is 5.13 Å². The number of anilines is 1. The van der Waals surface area contributed by atoms with Gasteiger partial charge in [-0.15, -0.1) is 0 Å². The van der Waals surface area contributed by atoms with Gasteiger partial charge in [0, 0.05) is 11.2 Å². The SMILES string of the molecule is Cc1c(Cl)ccc2sc(N(Cc3ccccn3)C(=O)Cc3ccc4ccccc4c3)nc12. The Bertz CT molecular complexity index is 1430. The van der Waals surface area contributed by atoms with Crippen molar-refractivity contribution in [2.24, 2.45) is 0 Å². The van der Waals surface area contributed by atoms with Gasteiger partial charge in [0.15, 0.2) is 5.13 Å². The molecule has 5 rings (SSSR count). The molecule has 0 N–H and O–H groups in total. The van der Waals surface area contributed by atoms with Crippen molar-refractivity contribution in [3.63, 3.8) is 0 Å². The first-order valence-corrected chi connectivity index (χ1v) is 11.5. The van der Waals surface area contributed by atoms with E-state index in [9.17, 15) is 4.79 Å². The topological polar surface area (TPSA) is 46.1 Å². The molecule has 5 aromatic rings. The third kappa shape index (κ3) is 4.09. The molecule has 0 spiro atoms. The van der Waals surface area contributed by atoms with E-state index < -0.39 is 0 Å². The summed E-state index contributed by atoms with van der Waals surface area (Å²) < 4.78 is 1.01. The number of aromatic nitrogens is 2. The molecule has 4 nitrogen and oxygen atoms in total. The average molecular weight is 458 g/mol. The third-order valence-electron chi connectivity index (χ3n) is 5.48. The molecule has 2 heterocycles. The molecular formula is C26H20ClN3OS. The lowest BCUT2D eigenvalue weighted by molar-refractivity contribution is -0.118. The number of carbonyl (C=O) groups excluding carboxylic acids is 1. The van der Waals surface area contributed by atoms with Crippen LogP contribution in [0.2, 0.25) is 5.02 Å². The van der Waals surface area contributed by atoms with Gasteiger partial charge in [-0.3, -0.25) is 14.7 Å². The normalized spacial score (nSPS) is 11.2. The van der Waals surface area contributed by atoms with Gasteiger partial charge in [-0.1, -0.05) is 71.5 Å². The lowest BCUT2D eigenvalue weighted by Gasteiger charge is -2.20. The van der Waals surface area contributed by atoms with Crippen LogP contribution in [-0.2, 0) is 17.8 Å². The predicted molar refractivity (Wildman–Crippen MR) is 132 cm³/mol. The zero-order chi connectivity index (χ0) is 22.1. The lowest BCUT2D eigenvalue weighted by atomic mass is 10.0. The van der Waals surface area contributed by atoms with Gasteiger partial charge in [0.2, 0.25) is 5.91 Å². The van der Waals surface area contributed by atoms with Gasteiger partial charge in [0.05, 0.1) is 28.9 Å². The van der Waals surface area contributed by atoms with Gasteiger partial charge in [0.1, 0.15) is 0 Å². The predicted octanol–water partition coefficient (Wildman–Crippen LogP) is 6.58. The first kappa shape index (κ1) is 20.6. The highest BCUT2D eigenvalue weighted by Gasteiger charge is 2.22. The summed E-state index contributed by atoms with van der Waals surface area (Å²) in [6.45, 7) is 2.31. The highest BCUT2D eigenvalue weighted by Crippen LogP contribution is 2.34. The van der Waals surface area contributed by atoms with Crippen LogP contribution in [0.25, 0.3) is 21.0 Å². The minimum Gasteiger partial charge on any atom is -0.282 e. The van der Waals surface area contributed by atoms with E-state index in [1.165, 1.54) is 11.3 Å². The zero-order valence-corrected chi connectivity index (χ0v) is 19.0. The molecule has 0 bridgehead atoms. The number of thiazole rings is 1. The molecule has 158 valence electrons. The van der Waals surface area contributed by atoms with Crippen LogP contribution in [0, 0.1) is 6.92 Å². The lowest BCUT2D eigenvalue weighted by Crippen LogP contribution is -2.32. The van der Waals surface area contributed by atoms with Crippen LogP contribution >= 0.6 is 22.9 Å². The average Bonchev–Trinajstić information content (AvgIpc) is 3.25. The molecule has 2 aromatic heterocycles. The summed E-state index contributed by atoms with van der Waals surface area (Å²) in [7, 11) is 0. The van der Waals surface area contributed by atoms with Gasteiger partial charge in [-0.05, 0) is 53.1 Å². The molecule has 0 unspecified atom stereocenters. The fourth-order valence-corrected chi connectivity index (χ4v) is 4.93. The summed E-state index contributed by atoms with van der Waals surface area (Å²) in [5.74, 6) is -0.0197. The Morgan fingerprint density at radius 2 is 1.81 bits per heavy atom. The van der Waals surface area contributed by atoms with Gasteiger partial charge < -0.3 is 0 Å². The van der Waals surface area contributed by atoms with E-state index in [4.69, 9.17) is 16.6 Å². The Labute approximate surface area is 195 Å². The van der Waals surface area contributed by atoms with Crippen molar-refractivity contribution in [3.8, 4) is 0 Å². The number of amides is 1. The highest BCUT2D eigenvalue weighted by molar-refractivity contribution is 7.22. The number of fused-ring (bicyclic) bond motifs is 2. The van der Waals surface area contributed by atoms with E-state index in [1.807, 2.05) is 55.5 Å². The molecule has 0 radical (unpaired) electrons. The molecular weight excluding hydrogens is 438 g/mol. The Morgan fingerprint density at radius 3 is 2.62 bits per heavy atom. The summed E-state index contributed by atoms with van der Waals surface area (Å²) in [5.41, 5.74) is 3.54. The number of hydrogen-bond donors (Lipinski definition) is 0. The van der Waals surface area contributed by atoms with Crippen LogP contribution in [0.3, 0.4) is 0 Å². The first-order chi connectivity index (χ1) is 15.6. The van der Waals surface area contributed by atoms with E-state index in [0.29, 0.717) is 16.7 Å². The Hall–Kier alpha value is -3.28. The Balaban J connectivity index is 1.51. The zero-order valence-electron chi connectivity index (χ0n) is 17.5. The summed E-state index contributed by atoms with van der Waals surface area (Å²) >= 11 is 7.79. The largest absolute Gasteiger partial charge is 0.282 e. The minimum atomic E-state index is -0.0197. The fraction of sp³-hybridized carbons (Fsp3) is 0.115. The number of rotatable bonds is 5. The van der Waals surface area contributed by atoms with E-state index in [2.05, 4.69) is 29.2 Å². The van der Waals surface area contributed by atoms with Gasteiger partial charge in [0.25, 0.3) is 0 Å². The van der Waals surface area contributed by atoms with Crippen molar-refractivity contribution in [2.45, 2.75) is 19.9 Å². The first-order valence-electron chi connectivity index (χ1n) is 10.3. The Morgan fingerprint density at radius 1 is 1.00 bits per heavy atom. The summed E-state index contributed by atoms with van der Waals surface area (Å²) in [5, 5.41) is 3.61. The molecule has 1 amide bonds. The molecule has 0 aliphatic rings. The summed E-state index contributed by atoms with van der Waals surface area (Å²) in [6.07, 6.45) is 2.02. The van der Waals surface area contributed by atoms with Crippen LogP contribution in [0.5, 0.6) is 0 Å². The second-order valence-corrected chi connectivity index (χ2v) is 9.09. The quantitative estimate of drug-likeness (QED) is 0.299. The maximum absolute atomic E-state index is 13.5. The molecule has 0 saturated heterocycles. The van der Waals surface area contributed by atoms with E-state index in [1.54, 1.807) is 11.1 Å². The molecule has 0 aliphatic carbocycles. The molecule has 0 aliphatic heterocycles. The van der Waals surface area contributed by atoms with Crippen molar-refractivity contribution in [2.75, 3.05) is 4.90 Å².